The lowest BCUT2D eigenvalue weighted by atomic mass is 10.1. The predicted octanol–water partition coefficient (Wildman–Crippen LogP) is 3.32. The Kier molecular flexibility index (Phi) is 11.2. The highest BCUT2D eigenvalue weighted by Crippen LogP contribution is 2.12. The Morgan fingerprint density at radius 1 is 1.14 bits per heavy atom. The highest BCUT2D eigenvalue weighted by Gasteiger charge is 2.24. The van der Waals surface area contributed by atoms with E-state index in [9.17, 15) is 4.79 Å². The summed E-state index contributed by atoms with van der Waals surface area (Å²) in [6.45, 7) is 10.6. The first-order chi connectivity index (χ1) is 12.5. The first-order valence-corrected chi connectivity index (χ1v) is 9.13. The Balaban J connectivity index is 0.00000729. The van der Waals surface area contributed by atoms with Gasteiger partial charge in [0.25, 0.3) is 0 Å². The summed E-state index contributed by atoms with van der Waals surface area (Å²) in [4.78, 5) is 16.2. The number of hydrogen-bond donors (Lipinski definition) is 3. The van der Waals surface area contributed by atoms with Gasteiger partial charge in [-0.15, -0.1) is 24.0 Å². The van der Waals surface area contributed by atoms with Crippen molar-refractivity contribution >= 4 is 36.0 Å². The number of nitrogens with zero attached hydrogens (tertiary/aromatic N) is 1. The summed E-state index contributed by atoms with van der Waals surface area (Å²) < 4.78 is 10.5. The molecule has 0 atom stereocenters. The highest BCUT2D eigenvalue weighted by molar-refractivity contribution is 14.0. The molecule has 0 aliphatic heterocycles. The molecule has 7 nitrogen and oxygen atoms in total. The number of nitrogens with one attached hydrogen (secondary N) is 3. The van der Waals surface area contributed by atoms with Gasteiger partial charge < -0.3 is 25.4 Å². The van der Waals surface area contributed by atoms with Crippen molar-refractivity contribution in [3.63, 3.8) is 0 Å². The molecule has 0 aromatic heterocycles. The standard InChI is InChI=1S/C20H34N4O3.HI/c1-19(2,3)27-18(25)24-20(4,5)14-23-17(21-6)22-12-11-15-9-8-10-16(13-15)26-7;/h8-10,13H,11-12,14H2,1-7H3,(H,24,25)(H2,21,22,23);1H. The number of amides is 1. The third kappa shape index (κ3) is 11.2. The third-order valence-electron chi connectivity index (χ3n) is 3.60. The smallest absolute Gasteiger partial charge is 0.408 e. The summed E-state index contributed by atoms with van der Waals surface area (Å²) in [5, 5.41) is 9.37. The van der Waals surface area contributed by atoms with Crippen molar-refractivity contribution < 1.29 is 14.3 Å². The van der Waals surface area contributed by atoms with E-state index in [1.807, 2.05) is 52.8 Å². The maximum absolute atomic E-state index is 12.0. The Hall–Kier alpha value is -1.71. The van der Waals surface area contributed by atoms with Gasteiger partial charge in [-0.1, -0.05) is 12.1 Å². The van der Waals surface area contributed by atoms with Gasteiger partial charge in [0.05, 0.1) is 12.6 Å². The second kappa shape index (κ2) is 12.0. The molecule has 0 fully saturated rings. The summed E-state index contributed by atoms with van der Waals surface area (Å²) in [7, 11) is 3.38. The van der Waals surface area contributed by atoms with E-state index in [1.54, 1.807) is 14.2 Å². The van der Waals surface area contributed by atoms with E-state index in [1.165, 1.54) is 5.56 Å². The fourth-order valence-corrected chi connectivity index (χ4v) is 2.30. The predicted molar refractivity (Wildman–Crippen MR) is 125 cm³/mol. The minimum Gasteiger partial charge on any atom is -0.497 e. The van der Waals surface area contributed by atoms with Gasteiger partial charge in [0, 0.05) is 20.1 Å². The zero-order chi connectivity index (χ0) is 20.5. The molecule has 8 heteroatoms. The Morgan fingerprint density at radius 2 is 1.82 bits per heavy atom. The van der Waals surface area contributed by atoms with Crippen molar-refractivity contribution in [3.8, 4) is 5.75 Å². The topological polar surface area (TPSA) is 84.0 Å². The molecule has 3 N–H and O–H groups in total. The molecule has 0 bridgehead atoms. The zero-order valence-corrected chi connectivity index (χ0v) is 20.3. The molecule has 0 unspecified atom stereocenters. The van der Waals surface area contributed by atoms with Gasteiger partial charge in [-0.05, 0) is 58.7 Å². The fourth-order valence-electron chi connectivity index (χ4n) is 2.30. The van der Waals surface area contributed by atoms with Gasteiger partial charge in [-0.3, -0.25) is 4.99 Å². The van der Waals surface area contributed by atoms with E-state index in [0.29, 0.717) is 12.5 Å². The Morgan fingerprint density at radius 3 is 2.39 bits per heavy atom. The molecule has 1 aromatic carbocycles. The number of carbonyl (C=O) groups is 1. The number of alkyl carbamates (subject to hydrolysis) is 1. The molecule has 160 valence electrons. The molecule has 28 heavy (non-hydrogen) atoms. The molecule has 1 amide bonds. The molecule has 0 heterocycles. The van der Waals surface area contributed by atoms with Crippen LogP contribution < -0.4 is 20.7 Å². The van der Waals surface area contributed by atoms with E-state index in [0.717, 1.165) is 18.7 Å². The SMILES string of the molecule is CN=C(NCCc1cccc(OC)c1)NCC(C)(C)NC(=O)OC(C)(C)C.I. The molecule has 0 radical (unpaired) electrons. The summed E-state index contributed by atoms with van der Waals surface area (Å²) in [5.41, 5.74) is 0.169. The molecule has 0 aliphatic rings. The van der Waals surface area contributed by atoms with E-state index in [2.05, 4.69) is 27.0 Å². The van der Waals surface area contributed by atoms with Crippen LogP contribution >= 0.6 is 24.0 Å². The van der Waals surface area contributed by atoms with Gasteiger partial charge in [0.2, 0.25) is 0 Å². The molecular weight excluding hydrogens is 471 g/mol. The van der Waals surface area contributed by atoms with E-state index < -0.39 is 17.2 Å². The maximum atomic E-state index is 12.0. The summed E-state index contributed by atoms with van der Waals surface area (Å²) in [6, 6.07) is 7.99. The monoisotopic (exact) mass is 506 g/mol. The molecule has 0 saturated carbocycles. The summed E-state index contributed by atoms with van der Waals surface area (Å²) in [5.74, 6) is 1.53. The molecular formula is C20H35IN4O3. The third-order valence-corrected chi connectivity index (χ3v) is 3.60. The second-order valence-corrected chi connectivity index (χ2v) is 7.96. The second-order valence-electron chi connectivity index (χ2n) is 7.96. The first-order valence-electron chi connectivity index (χ1n) is 9.13. The number of ether oxygens (including phenoxy) is 2. The molecule has 1 rings (SSSR count). The number of halogens is 1. The van der Waals surface area contributed by atoms with Crippen molar-refractivity contribution in [1.82, 2.24) is 16.0 Å². The number of methoxy groups -OCH3 is 1. The van der Waals surface area contributed by atoms with Crippen molar-refractivity contribution in [2.45, 2.75) is 52.2 Å². The minimum absolute atomic E-state index is 0. The number of benzene rings is 1. The summed E-state index contributed by atoms with van der Waals surface area (Å²) in [6.07, 6.45) is 0.410. The lowest BCUT2D eigenvalue weighted by molar-refractivity contribution is 0.0474. The quantitative estimate of drug-likeness (QED) is 0.300. The number of aliphatic imine (C=N–C) groups is 1. The Bertz CT molecular complexity index is 643. The molecule has 0 spiro atoms. The number of carbonyl (C=O) groups excluding carboxylic acids is 1. The van der Waals surface area contributed by atoms with Gasteiger partial charge >= 0.3 is 6.09 Å². The van der Waals surface area contributed by atoms with Crippen LogP contribution in [0.1, 0.15) is 40.2 Å². The molecule has 0 aliphatic carbocycles. The van der Waals surface area contributed by atoms with Crippen LogP contribution in [0.25, 0.3) is 0 Å². The van der Waals surface area contributed by atoms with Crippen LogP contribution in [-0.2, 0) is 11.2 Å². The van der Waals surface area contributed by atoms with Crippen LogP contribution in [0.2, 0.25) is 0 Å². The fraction of sp³-hybridized carbons (Fsp3) is 0.600. The van der Waals surface area contributed by atoms with Crippen LogP contribution in [0.15, 0.2) is 29.3 Å². The van der Waals surface area contributed by atoms with Gasteiger partial charge in [-0.2, -0.15) is 0 Å². The summed E-state index contributed by atoms with van der Waals surface area (Å²) >= 11 is 0. The Labute approximate surface area is 186 Å². The highest BCUT2D eigenvalue weighted by atomic mass is 127. The van der Waals surface area contributed by atoms with Crippen molar-refractivity contribution in [2.24, 2.45) is 4.99 Å². The van der Waals surface area contributed by atoms with Gasteiger partial charge in [-0.25, -0.2) is 4.79 Å². The van der Waals surface area contributed by atoms with Crippen LogP contribution in [0.3, 0.4) is 0 Å². The van der Waals surface area contributed by atoms with Gasteiger partial charge in [0.15, 0.2) is 5.96 Å². The van der Waals surface area contributed by atoms with Crippen LogP contribution in [0.5, 0.6) is 5.75 Å². The number of hydrogen-bond acceptors (Lipinski definition) is 4. The average molecular weight is 506 g/mol. The van der Waals surface area contributed by atoms with Crippen LogP contribution in [-0.4, -0.2) is 50.4 Å². The normalized spacial score (nSPS) is 11.9. The first kappa shape index (κ1) is 26.3. The number of rotatable bonds is 7. The number of guanidine groups is 1. The van der Waals surface area contributed by atoms with Crippen LogP contribution in [0.4, 0.5) is 4.79 Å². The van der Waals surface area contributed by atoms with E-state index in [-0.39, 0.29) is 24.0 Å². The lowest BCUT2D eigenvalue weighted by Crippen LogP contribution is -2.54. The largest absolute Gasteiger partial charge is 0.497 e. The molecule has 1 aromatic rings. The lowest BCUT2D eigenvalue weighted by Gasteiger charge is -2.29. The zero-order valence-electron chi connectivity index (χ0n) is 18.0. The van der Waals surface area contributed by atoms with Crippen molar-refractivity contribution in [3.05, 3.63) is 29.8 Å². The van der Waals surface area contributed by atoms with Crippen molar-refractivity contribution in [2.75, 3.05) is 27.2 Å². The minimum atomic E-state index is -0.523. The van der Waals surface area contributed by atoms with Gasteiger partial charge in [0.1, 0.15) is 11.4 Å². The maximum Gasteiger partial charge on any atom is 0.408 e. The van der Waals surface area contributed by atoms with Crippen molar-refractivity contribution in [1.29, 1.82) is 0 Å². The molecule has 0 saturated heterocycles. The van der Waals surface area contributed by atoms with E-state index >= 15 is 0 Å². The van der Waals surface area contributed by atoms with E-state index in [4.69, 9.17) is 9.47 Å². The van der Waals surface area contributed by atoms with Crippen LogP contribution in [0, 0.1) is 0 Å². The average Bonchev–Trinajstić information content (AvgIpc) is 2.55.